The van der Waals surface area contributed by atoms with Crippen LogP contribution in [0.5, 0.6) is 11.5 Å². The third kappa shape index (κ3) is 5.50. The van der Waals surface area contributed by atoms with E-state index in [2.05, 4.69) is 5.32 Å². The number of rotatable bonds is 9. The van der Waals surface area contributed by atoms with E-state index in [9.17, 15) is 4.79 Å². The van der Waals surface area contributed by atoms with Gasteiger partial charge in [-0.25, -0.2) is 0 Å². The maximum atomic E-state index is 12.1. The summed E-state index contributed by atoms with van der Waals surface area (Å²) in [7, 11) is 1.63. The highest BCUT2D eigenvalue weighted by Crippen LogP contribution is 2.28. The van der Waals surface area contributed by atoms with Crippen LogP contribution in [0.2, 0.25) is 0 Å². The third-order valence-corrected chi connectivity index (χ3v) is 3.91. The second kappa shape index (κ2) is 9.69. The van der Waals surface area contributed by atoms with Gasteiger partial charge in [-0.05, 0) is 55.2 Å². The molecule has 134 valence electrons. The highest BCUT2D eigenvalue weighted by atomic mass is 16.5. The number of nitrogens with two attached hydrogens (primary N) is 1. The van der Waals surface area contributed by atoms with Crippen LogP contribution in [0.25, 0.3) is 0 Å². The molecule has 2 rings (SSSR count). The molecule has 0 saturated carbocycles. The lowest BCUT2D eigenvalue weighted by Gasteiger charge is -2.11. The topological polar surface area (TPSA) is 73.6 Å². The summed E-state index contributed by atoms with van der Waals surface area (Å²) in [4.78, 5) is 12.1. The van der Waals surface area contributed by atoms with Crippen LogP contribution < -0.4 is 20.5 Å². The first kappa shape index (κ1) is 18.8. The van der Waals surface area contributed by atoms with Gasteiger partial charge in [0.2, 0.25) is 0 Å². The molecule has 0 aliphatic carbocycles. The van der Waals surface area contributed by atoms with Gasteiger partial charge in [-0.1, -0.05) is 18.2 Å². The summed E-state index contributed by atoms with van der Waals surface area (Å²) in [6.45, 7) is 3.64. The van der Waals surface area contributed by atoms with Crippen LogP contribution in [-0.2, 0) is 13.0 Å². The molecule has 1 amide bonds. The van der Waals surface area contributed by atoms with Crippen LogP contribution in [0, 0.1) is 0 Å². The van der Waals surface area contributed by atoms with Gasteiger partial charge in [-0.15, -0.1) is 0 Å². The predicted molar refractivity (Wildman–Crippen MR) is 99.2 cm³/mol. The number of nitrogens with one attached hydrogen (secondary N) is 1. The molecule has 0 spiro atoms. The molecule has 0 unspecified atom stereocenters. The fourth-order valence-corrected chi connectivity index (χ4v) is 2.53. The van der Waals surface area contributed by atoms with Crippen LogP contribution in [0.1, 0.15) is 34.8 Å². The van der Waals surface area contributed by atoms with Gasteiger partial charge < -0.3 is 20.5 Å². The first-order chi connectivity index (χ1) is 12.2. The van der Waals surface area contributed by atoms with E-state index in [0.717, 1.165) is 35.5 Å². The molecular formula is C20H26N2O3. The van der Waals surface area contributed by atoms with Crippen molar-refractivity contribution >= 4 is 5.91 Å². The van der Waals surface area contributed by atoms with Crippen molar-refractivity contribution in [3.63, 3.8) is 0 Å². The van der Waals surface area contributed by atoms with Gasteiger partial charge in [-0.3, -0.25) is 4.79 Å². The number of hydrogen-bond acceptors (Lipinski definition) is 4. The first-order valence-corrected chi connectivity index (χ1v) is 8.54. The van der Waals surface area contributed by atoms with Gasteiger partial charge in [0.05, 0.1) is 13.7 Å². The lowest BCUT2D eigenvalue weighted by molar-refractivity contribution is 0.0953. The highest BCUT2D eigenvalue weighted by Gasteiger charge is 2.07. The zero-order valence-corrected chi connectivity index (χ0v) is 14.9. The second-order valence-electron chi connectivity index (χ2n) is 5.68. The van der Waals surface area contributed by atoms with Crippen molar-refractivity contribution in [2.24, 2.45) is 5.73 Å². The Balaban J connectivity index is 1.82. The van der Waals surface area contributed by atoms with Crippen LogP contribution in [0.15, 0.2) is 42.5 Å². The number of aryl methyl sites for hydroxylation is 1. The molecule has 5 heteroatoms. The molecule has 0 fully saturated rings. The van der Waals surface area contributed by atoms with Gasteiger partial charge in [-0.2, -0.15) is 0 Å². The van der Waals surface area contributed by atoms with Crippen molar-refractivity contribution in [2.45, 2.75) is 26.3 Å². The van der Waals surface area contributed by atoms with Gasteiger partial charge in [0.25, 0.3) is 5.91 Å². The molecule has 3 N–H and O–H groups in total. The smallest absolute Gasteiger partial charge is 0.251 e. The first-order valence-electron chi connectivity index (χ1n) is 8.54. The molecule has 0 aliphatic rings. The van der Waals surface area contributed by atoms with Crippen LogP contribution in [-0.4, -0.2) is 26.2 Å². The van der Waals surface area contributed by atoms with Crippen molar-refractivity contribution in [2.75, 3.05) is 20.3 Å². The zero-order chi connectivity index (χ0) is 18.1. The molecule has 0 atom stereocenters. The summed E-state index contributed by atoms with van der Waals surface area (Å²) < 4.78 is 10.9. The summed E-state index contributed by atoms with van der Waals surface area (Å²) in [5.74, 6) is 1.43. The molecule has 0 saturated heterocycles. The van der Waals surface area contributed by atoms with Gasteiger partial charge in [0.1, 0.15) is 0 Å². The van der Waals surface area contributed by atoms with Crippen molar-refractivity contribution in [1.29, 1.82) is 0 Å². The van der Waals surface area contributed by atoms with Gasteiger partial charge >= 0.3 is 0 Å². The summed E-state index contributed by atoms with van der Waals surface area (Å²) in [6, 6.07) is 13.3. The second-order valence-corrected chi connectivity index (χ2v) is 5.68. The summed E-state index contributed by atoms with van der Waals surface area (Å²) >= 11 is 0. The average molecular weight is 342 g/mol. The minimum atomic E-state index is -0.0618. The molecule has 2 aromatic carbocycles. The fraction of sp³-hybridized carbons (Fsp3) is 0.350. The Morgan fingerprint density at radius 2 is 1.80 bits per heavy atom. The maximum absolute atomic E-state index is 12.1. The van der Waals surface area contributed by atoms with Crippen molar-refractivity contribution in [3.8, 4) is 11.5 Å². The number of methoxy groups -OCH3 is 1. The summed E-state index contributed by atoms with van der Waals surface area (Å²) in [5.41, 5.74) is 8.39. The van der Waals surface area contributed by atoms with Crippen LogP contribution in [0.4, 0.5) is 0 Å². The fourth-order valence-electron chi connectivity index (χ4n) is 2.53. The summed E-state index contributed by atoms with van der Waals surface area (Å²) in [5, 5.41) is 2.94. The van der Waals surface area contributed by atoms with Crippen LogP contribution >= 0.6 is 0 Å². The molecule has 0 aliphatic heterocycles. The molecule has 0 bridgehead atoms. The van der Waals surface area contributed by atoms with Crippen LogP contribution in [0.3, 0.4) is 0 Å². The normalized spacial score (nSPS) is 10.4. The monoisotopic (exact) mass is 342 g/mol. The number of carbonyl (C=O) groups excluding carboxylic acids is 1. The van der Waals surface area contributed by atoms with E-state index in [1.807, 2.05) is 37.3 Å². The van der Waals surface area contributed by atoms with E-state index >= 15 is 0 Å². The predicted octanol–water partition coefficient (Wildman–Crippen LogP) is 2.92. The Morgan fingerprint density at radius 1 is 1.08 bits per heavy atom. The van der Waals surface area contributed by atoms with Crippen molar-refractivity contribution in [3.05, 3.63) is 59.2 Å². The minimum absolute atomic E-state index is 0.0618. The van der Waals surface area contributed by atoms with E-state index in [1.165, 1.54) is 0 Å². The van der Waals surface area contributed by atoms with Gasteiger partial charge in [0, 0.05) is 18.7 Å². The molecule has 0 heterocycles. The number of carbonyl (C=O) groups is 1. The summed E-state index contributed by atoms with van der Waals surface area (Å²) in [6.07, 6.45) is 1.71. The Morgan fingerprint density at radius 3 is 2.44 bits per heavy atom. The minimum Gasteiger partial charge on any atom is -0.493 e. The van der Waals surface area contributed by atoms with Crippen molar-refractivity contribution in [1.82, 2.24) is 5.32 Å². The van der Waals surface area contributed by atoms with Gasteiger partial charge in [0.15, 0.2) is 11.5 Å². The average Bonchev–Trinajstić information content (AvgIpc) is 2.65. The Labute approximate surface area is 149 Å². The van der Waals surface area contributed by atoms with E-state index < -0.39 is 0 Å². The zero-order valence-electron chi connectivity index (χ0n) is 14.9. The molecule has 0 aromatic heterocycles. The van der Waals surface area contributed by atoms with E-state index in [4.69, 9.17) is 15.2 Å². The number of ether oxygens (including phenoxy) is 2. The number of hydrogen-bond donors (Lipinski definition) is 2. The molecule has 25 heavy (non-hydrogen) atoms. The maximum Gasteiger partial charge on any atom is 0.251 e. The largest absolute Gasteiger partial charge is 0.493 e. The lowest BCUT2D eigenvalue weighted by atomic mass is 10.1. The number of benzene rings is 2. The molecular weight excluding hydrogens is 316 g/mol. The quantitative estimate of drug-likeness (QED) is 0.687. The third-order valence-electron chi connectivity index (χ3n) is 3.91. The SMILES string of the molecule is CCOc1cc(CCCNC(=O)c2ccc(CN)cc2)ccc1OC. The van der Waals surface area contributed by atoms with E-state index in [0.29, 0.717) is 25.3 Å². The highest BCUT2D eigenvalue weighted by molar-refractivity contribution is 5.94. The molecule has 5 nitrogen and oxygen atoms in total. The molecule has 0 radical (unpaired) electrons. The Kier molecular flexibility index (Phi) is 7.29. The standard InChI is InChI=1S/C20H26N2O3/c1-3-25-19-13-15(8-11-18(19)24-2)5-4-12-22-20(23)17-9-6-16(14-21)7-10-17/h6-11,13H,3-5,12,14,21H2,1-2H3,(H,22,23). The van der Waals surface area contributed by atoms with E-state index in [1.54, 1.807) is 19.2 Å². The van der Waals surface area contributed by atoms with E-state index in [-0.39, 0.29) is 5.91 Å². The number of amides is 1. The molecule has 2 aromatic rings. The Bertz CT molecular complexity index is 684. The lowest BCUT2D eigenvalue weighted by Crippen LogP contribution is -2.24. The van der Waals surface area contributed by atoms with Crippen molar-refractivity contribution < 1.29 is 14.3 Å². The Hall–Kier alpha value is -2.53.